The summed E-state index contributed by atoms with van der Waals surface area (Å²) in [4.78, 5) is 5.34. The summed E-state index contributed by atoms with van der Waals surface area (Å²) in [6, 6.07) is 9.68. The first-order valence-corrected chi connectivity index (χ1v) is 8.66. The van der Waals surface area contributed by atoms with E-state index in [0.29, 0.717) is 0 Å². The maximum atomic E-state index is 3.47. The van der Waals surface area contributed by atoms with E-state index in [1.165, 1.54) is 63.1 Å². The average molecular weight is 287 g/mol. The fourth-order valence-corrected chi connectivity index (χ4v) is 3.77. The molecule has 1 aromatic rings. The third kappa shape index (κ3) is 3.58. The number of likely N-dealkylation sites (tertiary alicyclic amines) is 1. The van der Waals surface area contributed by atoms with Crippen LogP contribution in [-0.2, 0) is 6.54 Å². The molecule has 1 N–H and O–H groups in total. The highest BCUT2D eigenvalue weighted by atomic mass is 15.3. The van der Waals surface area contributed by atoms with Crippen LogP contribution < -0.4 is 10.2 Å². The summed E-state index contributed by atoms with van der Waals surface area (Å²) in [6.45, 7) is 9.25. The number of hydrogen-bond acceptors (Lipinski definition) is 3. The van der Waals surface area contributed by atoms with Crippen molar-refractivity contribution in [1.82, 2.24) is 10.2 Å². The highest BCUT2D eigenvalue weighted by molar-refractivity contribution is 5.54. The van der Waals surface area contributed by atoms with E-state index in [1.807, 2.05) is 0 Å². The van der Waals surface area contributed by atoms with Gasteiger partial charge in [0.25, 0.3) is 0 Å². The predicted octanol–water partition coefficient (Wildman–Crippen LogP) is 2.86. The van der Waals surface area contributed by atoms with Gasteiger partial charge in [0.15, 0.2) is 0 Å². The second-order valence-electron chi connectivity index (χ2n) is 6.39. The molecule has 2 fully saturated rings. The predicted molar refractivity (Wildman–Crippen MR) is 89.9 cm³/mol. The SMILES string of the molecule is CCNCc1ccccc1N1CCC(N2CCCCC2)C1. The average Bonchev–Trinajstić information content (AvgIpc) is 3.04. The van der Waals surface area contributed by atoms with E-state index in [4.69, 9.17) is 0 Å². The van der Waals surface area contributed by atoms with Crippen LogP contribution in [0.15, 0.2) is 24.3 Å². The molecule has 0 radical (unpaired) electrons. The lowest BCUT2D eigenvalue weighted by atomic mass is 10.1. The Kier molecular flexibility index (Phi) is 5.15. The van der Waals surface area contributed by atoms with Gasteiger partial charge in [0, 0.05) is 31.4 Å². The molecule has 0 saturated carbocycles. The molecule has 2 heterocycles. The van der Waals surface area contributed by atoms with Crippen molar-refractivity contribution >= 4 is 5.69 Å². The molecule has 1 unspecified atom stereocenters. The van der Waals surface area contributed by atoms with Crippen molar-refractivity contribution in [2.45, 2.75) is 45.2 Å². The lowest BCUT2D eigenvalue weighted by Gasteiger charge is -2.32. The molecule has 1 atom stereocenters. The lowest BCUT2D eigenvalue weighted by Crippen LogP contribution is -2.41. The van der Waals surface area contributed by atoms with Crippen LogP contribution in [-0.4, -0.2) is 43.7 Å². The Bertz CT molecular complexity index is 440. The molecule has 0 spiro atoms. The molecular weight excluding hydrogens is 258 g/mol. The highest BCUT2D eigenvalue weighted by Crippen LogP contribution is 2.27. The molecular formula is C18H29N3. The van der Waals surface area contributed by atoms with Gasteiger partial charge in [0.2, 0.25) is 0 Å². The van der Waals surface area contributed by atoms with Gasteiger partial charge in [-0.25, -0.2) is 0 Å². The van der Waals surface area contributed by atoms with Gasteiger partial charge in [-0.05, 0) is 50.5 Å². The van der Waals surface area contributed by atoms with Crippen molar-refractivity contribution in [3.8, 4) is 0 Å². The minimum Gasteiger partial charge on any atom is -0.370 e. The van der Waals surface area contributed by atoms with Crippen molar-refractivity contribution in [2.75, 3.05) is 37.6 Å². The van der Waals surface area contributed by atoms with E-state index in [-0.39, 0.29) is 0 Å². The van der Waals surface area contributed by atoms with E-state index in [1.54, 1.807) is 0 Å². The summed E-state index contributed by atoms with van der Waals surface area (Å²) >= 11 is 0. The van der Waals surface area contributed by atoms with Crippen molar-refractivity contribution in [2.24, 2.45) is 0 Å². The van der Waals surface area contributed by atoms with E-state index >= 15 is 0 Å². The summed E-state index contributed by atoms with van der Waals surface area (Å²) in [7, 11) is 0. The van der Waals surface area contributed by atoms with Gasteiger partial charge in [-0.15, -0.1) is 0 Å². The lowest BCUT2D eigenvalue weighted by molar-refractivity contribution is 0.175. The molecule has 1 aromatic carbocycles. The van der Waals surface area contributed by atoms with Crippen LogP contribution in [0.4, 0.5) is 5.69 Å². The monoisotopic (exact) mass is 287 g/mol. The minimum atomic E-state index is 0.775. The van der Waals surface area contributed by atoms with E-state index in [9.17, 15) is 0 Å². The van der Waals surface area contributed by atoms with Gasteiger partial charge >= 0.3 is 0 Å². The quantitative estimate of drug-likeness (QED) is 0.898. The van der Waals surface area contributed by atoms with Gasteiger partial charge in [0.05, 0.1) is 0 Å². The summed E-state index contributed by atoms with van der Waals surface area (Å²) < 4.78 is 0. The van der Waals surface area contributed by atoms with E-state index in [2.05, 4.69) is 46.3 Å². The molecule has 0 bridgehead atoms. The summed E-state index contributed by atoms with van der Waals surface area (Å²) in [5, 5.41) is 3.47. The van der Waals surface area contributed by atoms with Crippen LogP contribution in [0.25, 0.3) is 0 Å². The van der Waals surface area contributed by atoms with Crippen LogP contribution >= 0.6 is 0 Å². The van der Waals surface area contributed by atoms with E-state index < -0.39 is 0 Å². The maximum Gasteiger partial charge on any atom is 0.0412 e. The van der Waals surface area contributed by atoms with Crippen LogP contribution in [0, 0.1) is 0 Å². The number of nitrogens with zero attached hydrogens (tertiary/aromatic N) is 2. The maximum absolute atomic E-state index is 3.47. The van der Waals surface area contributed by atoms with Crippen molar-refractivity contribution < 1.29 is 0 Å². The van der Waals surface area contributed by atoms with Crippen LogP contribution in [0.3, 0.4) is 0 Å². The molecule has 116 valence electrons. The number of rotatable bonds is 5. The largest absolute Gasteiger partial charge is 0.370 e. The van der Waals surface area contributed by atoms with Crippen LogP contribution in [0.1, 0.15) is 38.2 Å². The summed E-state index contributed by atoms with van der Waals surface area (Å²) in [5.41, 5.74) is 2.89. The number of nitrogens with one attached hydrogen (secondary N) is 1. The number of hydrogen-bond donors (Lipinski definition) is 1. The van der Waals surface area contributed by atoms with Crippen molar-refractivity contribution in [3.05, 3.63) is 29.8 Å². The first-order chi connectivity index (χ1) is 10.4. The molecule has 2 saturated heterocycles. The number of para-hydroxylation sites is 1. The Morgan fingerprint density at radius 2 is 1.90 bits per heavy atom. The normalized spacial score (nSPS) is 23.7. The molecule has 21 heavy (non-hydrogen) atoms. The fraction of sp³-hybridized carbons (Fsp3) is 0.667. The zero-order valence-corrected chi connectivity index (χ0v) is 13.4. The molecule has 3 nitrogen and oxygen atoms in total. The Balaban J connectivity index is 1.65. The van der Waals surface area contributed by atoms with Gasteiger partial charge in [-0.2, -0.15) is 0 Å². The molecule has 2 aliphatic rings. The summed E-state index contributed by atoms with van der Waals surface area (Å²) in [5.74, 6) is 0. The van der Waals surface area contributed by atoms with Crippen molar-refractivity contribution in [3.63, 3.8) is 0 Å². The number of piperidine rings is 1. The van der Waals surface area contributed by atoms with Gasteiger partial charge < -0.3 is 10.2 Å². The Labute approximate surface area is 129 Å². The molecule has 3 heteroatoms. The molecule has 3 rings (SSSR count). The molecule has 0 amide bonds. The Hall–Kier alpha value is -1.06. The molecule has 0 aliphatic carbocycles. The standard InChI is InChI=1S/C18H29N3/c1-2-19-14-16-8-4-5-9-18(16)21-13-10-17(15-21)20-11-6-3-7-12-20/h4-5,8-9,17,19H,2-3,6-7,10-15H2,1H3. The first kappa shape index (κ1) is 14.9. The second-order valence-corrected chi connectivity index (χ2v) is 6.39. The van der Waals surface area contributed by atoms with Gasteiger partial charge in [0.1, 0.15) is 0 Å². The van der Waals surface area contributed by atoms with Gasteiger partial charge in [-0.3, -0.25) is 4.90 Å². The Morgan fingerprint density at radius 1 is 1.10 bits per heavy atom. The fourth-order valence-electron chi connectivity index (χ4n) is 3.77. The number of benzene rings is 1. The van der Waals surface area contributed by atoms with Crippen LogP contribution in [0.2, 0.25) is 0 Å². The third-order valence-electron chi connectivity index (χ3n) is 4.97. The van der Waals surface area contributed by atoms with Crippen LogP contribution in [0.5, 0.6) is 0 Å². The molecule has 2 aliphatic heterocycles. The second kappa shape index (κ2) is 7.28. The zero-order chi connectivity index (χ0) is 14.5. The van der Waals surface area contributed by atoms with Gasteiger partial charge in [-0.1, -0.05) is 31.5 Å². The third-order valence-corrected chi connectivity index (χ3v) is 4.97. The van der Waals surface area contributed by atoms with Crippen molar-refractivity contribution in [1.29, 1.82) is 0 Å². The minimum absolute atomic E-state index is 0.775. The van der Waals surface area contributed by atoms with E-state index in [0.717, 1.165) is 19.1 Å². The molecule has 0 aromatic heterocycles. The first-order valence-electron chi connectivity index (χ1n) is 8.66. The highest BCUT2D eigenvalue weighted by Gasteiger charge is 2.29. The topological polar surface area (TPSA) is 18.5 Å². The summed E-state index contributed by atoms with van der Waals surface area (Å²) in [6.07, 6.45) is 5.55. The zero-order valence-electron chi connectivity index (χ0n) is 13.4. The Morgan fingerprint density at radius 3 is 2.71 bits per heavy atom. The smallest absolute Gasteiger partial charge is 0.0412 e. The number of anilines is 1.